The van der Waals surface area contributed by atoms with Gasteiger partial charge in [0.2, 0.25) is 0 Å². The molecule has 46 heavy (non-hydrogen) atoms. The van der Waals surface area contributed by atoms with Crippen molar-refractivity contribution >= 4 is 34.6 Å². The van der Waals surface area contributed by atoms with Crippen molar-refractivity contribution in [2.75, 3.05) is 13.1 Å². The van der Waals surface area contributed by atoms with Gasteiger partial charge < -0.3 is 20.1 Å². The Kier molecular flexibility index (Phi) is 9.01. The summed E-state index contributed by atoms with van der Waals surface area (Å²) in [5, 5.41) is 14.0. The Morgan fingerprint density at radius 2 is 1.37 bits per heavy atom. The third-order valence-electron chi connectivity index (χ3n) is 8.53. The molecular formula is C37H36N6O3. The van der Waals surface area contributed by atoms with Gasteiger partial charge in [-0.25, -0.2) is 4.98 Å². The number of nitrogens with one attached hydrogen (secondary N) is 3. The van der Waals surface area contributed by atoms with Gasteiger partial charge in [0, 0.05) is 54.9 Å². The number of fused-ring (bicyclic) bond motifs is 1. The van der Waals surface area contributed by atoms with Crippen molar-refractivity contribution in [1.82, 2.24) is 25.1 Å². The molecule has 0 aliphatic carbocycles. The Labute approximate surface area is 267 Å². The van der Waals surface area contributed by atoms with E-state index < -0.39 is 0 Å². The van der Waals surface area contributed by atoms with Gasteiger partial charge in [-0.1, -0.05) is 60.7 Å². The van der Waals surface area contributed by atoms with Crippen LogP contribution in [0.3, 0.4) is 0 Å². The number of amides is 3. The van der Waals surface area contributed by atoms with Gasteiger partial charge in [0.05, 0.1) is 11.0 Å². The van der Waals surface area contributed by atoms with E-state index in [2.05, 4.69) is 15.2 Å². The topological polar surface area (TPSA) is 120 Å². The van der Waals surface area contributed by atoms with Crippen LogP contribution >= 0.6 is 0 Å². The first kappa shape index (κ1) is 30.5. The third-order valence-corrected chi connectivity index (χ3v) is 8.53. The summed E-state index contributed by atoms with van der Waals surface area (Å²) in [5.41, 5.74) is 5.24. The smallest absolute Gasteiger partial charge is 0.256 e. The van der Waals surface area contributed by atoms with Crippen molar-refractivity contribution < 1.29 is 14.4 Å². The van der Waals surface area contributed by atoms with E-state index in [9.17, 15) is 14.4 Å². The number of hydrogen-bond acceptors (Lipinski definition) is 5. The van der Waals surface area contributed by atoms with Gasteiger partial charge in [0.1, 0.15) is 11.7 Å². The summed E-state index contributed by atoms with van der Waals surface area (Å²) in [5.74, 6) is 0.564. The molecule has 4 aromatic carbocycles. The lowest BCUT2D eigenvalue weighted by Gasteiger charge is -2.32. The Morgan fingerprint density at radius 1 is 0.761 bits per heavy atom. The SMILES string of the molecule is Cn1c(CCc2ccc(C(=N)NC(=O)c3ccccc3)cc2)nc2cc(C(=O)N3CCC(NC(=O)c4ccccc4)CC3)ccc21. The second-order valence-corrected chi connectivity index (χ2v) is 11.6. The Balaban J connectivity index is 1.03. The normalized spacial score (nSPS) is 13.4. The van der Waals surface area contributed by atoms with Crippen molar-refractivity contribution in [2.24, 2.45) is 7.05 Å². The molecule has 1 fully saturated rings. The van der Waals surface area contributed by atoms with Crippen LogP contribution in [0.4, 0.5) is 0 Å². The molecule has 0 saturated carbocycles. The molecule has 0 spiro atoms. The summed E-state index contributed by atoms with van der Waals surface area (Å²) < 4.78 is 2.06. The van der Waals surface area contributed by atoms with E-state index in [4.69, 9.17) is 10.4 Å². The lowest BCUT2D eigenvalue weighted by molar-refractivity contribution is 0.0698. The molecule has 232 valence electrons. The quantitative estimate of drug-likeness (QED) is 0.166. The fourth-order valence-corrected chi connectivity index (χ4v) is 5.82. The second-order valence-electron chi connectivity index (χ2n) is 11.6. The molecule has 6 rings (SSSR count). The minimum absolute atomic E-state index is 0.0208. The number of benzene rings is 4. The van der Waals surface area contributed by atoms with E-state index >= 15 is 0 Å². The molecule has 1 aromatic heterocycles. The number of aryl methyl sites for hydroxylation is 3. The van der Waals surface area contributed by atoms with E-state index in [1.807, 2.05) is 78.7 Å². The summed E-state index contributed by atoms with van der Waals surface area (Å²) in [6.45, 7) is 1.17. The molecule has 5 aromatic rings. The van der Waals surface area contributed by atoms with E-state index in [1.54, 1.807) is 36.4 Å². The molecule has 9 heteroatoms. The van der Waals surface area contributed by atoms with Gasteiger partial charge in [-0.3, -0.25) is 19.8 Å². The number of nitrogens with zero attached hydrogens (tertiary/aromatic N) is 3. The van der Waals surface area contributed by atoms with Crippen LogP contribution in [0.1, 0.15) is 60.9 Å². The zero-order valence-electron chi connectivity index (χ0n) is 25.7. The summed E-state index contributed by atoms with van der Waals surface area (Å²) in [4.78, 5) is 45.0. The number of likely N-dealkylation sites (tertiary alicyclic amines) is 1. The van der Waals surface area contributed by atoms with Gasteiger partial charge in [-0.15, -0.1) is 0 Å². The van der Waals surface area contributed by atoms with E-state index in [1.165, 1.54) is 0 Å². The minimum Gasteiger partial charge on any atom is -0.349 e. The first-order chi connectivity index (χ1) is 22.4. The van der Waals surface area contributed by atoms with Crippen LogP contribution in [-0.2, 0) is 19.9 Å². The highest BCUT2D eigenvalue weighted by molar-refractivity contribution is 6.11. The first-order valence-electron chi connectivity index (χ1n) is 15.5. The van der Waals surface area contributed by atoms with Gasteiger partial charge in [-0.05, 0) is 67.3 Å². The van der Waals surface area contributed by atoms with Gasteiger partial charge in [0.25, 0.3) is 17.7 Å². The van der Waals surface area contributed by atoms with Crippen LogP contribution in [0.5, 0.6) is 0 Å². The molecule has 1 saturated heterocycles. The Hall–Kier alpha value is -5.57. The molecule has 0 bridgehead atoms. The van der Waals surface area contributed by atoms with E-state index in [-0.39, 0.29) is 29.6 Å². The number of amidine groups is 1. The fourth-order valence-electron chi connectivity index (χ4n) is 5.82. The predicted octanol–water partition coefficient (Wildman–Crippen LogP) is 5.15. The maximum atomic E-state index is 13.4. The van der Waals surface area contributed by atoms with E-state index in [0.29, 0.717) is 54.6 Å². The van der Waals surface area contributed by atoms with Crippen LogP contribution in [0.2, 0.25) is 0 Å². The number of carbonyl (C=O) groups is 3. The molecule has 1 aliphatic rings. The maximum absolute atomic E-state index is 13.4. The van der Waals surface area contributed by atoms with Crippen LogP contribution in [0.15, 0.2) is 103 Å². The zero-order chi connectivity index (χ0) is 32.0. The second kappa shape index (κ2) is 13.6. The number of piperidine rings is 1. The van der Waals surface area contributed by atoms with Gasteiger partial charge in [-0.2, -0.15) is 0 Å². The standard InChI is InChI=1S/C37H36N6O3/c1-42-32-18-17-29(37(46)43-22-20-30(21-23-43)39-35(44)27-8-4-2-5-9-27)24-31(32)40-33(42)19-14-25-12-15-26(16-13-25)34(38)41-36(45)28-10-6-3-7-11-28/h2-13,15-18,24,30H,14,19-23H2,1H3,(H,39,44)(H2,38,41,45). The molecular weight excluding hydrogens is 576 g/mol. The highest BCUT2D eigenvalue weighted by atomic mass is 16.2. The van der Waals surface area contributed by atoms with Crippen molar-refractivity contribution in [3.05, 3.63) is 137 Å². The highest BCUT2D eigenvalue weighted by Gasteiger charge is 2.25. The van der Waals surface area contributed by atoms with Crippen molar-refractivity contribution in [1.29, 1.82) is 5.41 Å². The molecule has 2 heterocycles. The lowest BCUT2D eigenvalue weighted by atomic mass is 10.0. The van der Waals surface area contributed by atoms with Crippen molar-refractivity contribution in [3.63, 3.8) is 0 Å². The predicted molar refractivity (Wildman–Crippen MR) is 178 cm³/mol. The summed E-state index contributed by atoms with van der Waals surface area (Å²) in [6.07, 6.45) is 2.89. The number of aromatic nitrogens is 2. The lowest BCUT2D eigenvalue weighted by Crippen LogP contribution is -2.46. The Bertz CT molecular complexity index is 1880. The summed E-state index contributed by atoms with van der Waals surface area (Å²) in [6, 6.07) is 31.4. The minimum atomic E-state index is -0.310. The monoisotopic (exact) mass is 612 g/mol. The number of hydrogen-bond donors (Lipinski definition) is 3. The average molecular weight is 613 g/mol. The summed E-state index contributed by atoms with van der Waals surface area (Å²) in [7, 11) is 1.99. The fraction of sp³-hybridized carbons (Fsp3) is 0.216. The maximum Gasteiger partial charge on any atom is 0.256 e. The first-order valence-corrected chi connectivity index (χ1v) is 15.5. The Morgan fingerprint density at radius 3 is 2.02 bits per heavy atom. The number of imidazole rings is 1. The average Bonchev–Trinajstić information content (AvgIpc) is 3.42. The third kappa shape index (κ3) is 6.89. The number of rotatable bonds is 8. The zero-order valence-corrected chi connectivity index (χ0v) is 25.7. The molecule has 3 N–H and O–H groups in total. The summed E-state index contributed by atoms with van der Waals surface area (Å²) >= 11 is 0. The van der Waals surface area contributed by atoms with Crippen LogP contribution in [0, 0.1) is 5.41 Å². The number of carbonyl (C=O) groups excluding carboxylic acids is 3. The van der Waals surface area contributed by atoms with Crippen molar-refractivity contribution in [2.45, 2.75) is 31.7 Å². The molecule has 3 amide bonds. The largest absolute Gasteiger partial charge is 0.349 e. The van der Waals surface area contributed by atoms with Crippen LogP contribution in [0.25, 0.3) is 11.0 Å². The highest BCUT2D eigenvalue weighted by Crippen LogP contribution is 2.21. The molecule has 0 atom stereocenters. The van der Waals surface area contributed by atoms with Gasteiger partial charge >= 0.3 is 0 Å². The molecule has 1 aliphatic heterocycles. The van der Waals surface area contributed by atoms with Gasteiger partial charge in [0.15, 0.2) is 0 Å². The van der Waals surface area contributed by atoms with Crippen LogP contribution < -0.4 is 10.6 Å². The molecule has 0 radical (unpaired) electrons. The van der Waals surface area contributed by atoms with Crippen LogP contribution in [-0.4, -0.2) is 57.1 Å². The van der Waals surface area contributed by atoms with Crippen molar-refractivity contribution in [3.8, 4) is 0 Å². The molecule has 0 unspecified atom stereocenters. The van der Waals surface area contributed by atoms with E-state index in [0.717, 1.165) is 28.8 Å². The molecule has 9 nitrogen and oxygen atoms in total.